The van der Waals surface area contributed by atoms with Crippen LogP contribution in [-0.2, 0) is 9.53 Å². The highest BCUT2D eigenvalue weighted by molar-refractivity contribution is 7.15. The van der Waals surface area contributed by atoms with Crippen LogP contribution in [0, 0.1) is 0 Å². The summed E-state index contributed by atoms with van der Waals surface area (Å²) in [5, 5.41) is 5.59. The van der Waals surface area contributed by atoms with Crippen molar-refractivity contribution in [2.45, 2.75) is 20.0 Å². The van der Waals surface area contributed by atoms with Crippen molar-refractivity contribution >= 4 is 39.8 Å². The van der Waals surface area contributed by atoms with Crippen LogP contribution in [0.5, 0.6) is 11.5 Å². The zero-order chi connectivity index (χ0) is 22.4. The lowest BCUT2D eigenvalue weighted by Crippen LogP contribution is -2.30. The number of carbonyl (C=O) groups is 2. The minimum Gasteiger partial charge on any atom is -0.497 e. The van der Waals surface area contributed by atoms with Crippen LogP contribution in [0.25, 0.3) is 11.1 Å². The second-order valence-electron chi connectivity index (χ2n) is 6.51. The average Bonchev–Trinajstić information content (AvgIpc) is 3.18. The number of carbonyl (C=O) groups excluding carboxylic acids is 2. The molecule has 1 unspecified atom stereocenters. The molecule has 8 heteroatoms. The molecule has 0 aliphatic carbocycles. The third-order valence-corrected chi connectivity index (χ3v) is 5.53. The Morgan fingerprint density at radius 2 is 1.84 bits per heavy atom. The number of hydrogen-bond donors (Lipinski definition) is 1. The maximum absolute atomic E-state index is 12.8. The van der Waals surface area contributed by atoms with Crippen molar-refractivity contribution in [1.29, 1.82) is 0 Å². The van der Waals surface area contributed by atoms with E-state index in [0.717, 1.165) is 5.56 Å². The smallest absolute Gasteiger partial charge is 0.341 e. The first kappa shape index (κ1) is 22.7. The Balaban J connectivity index is 1.83. The molecule has 0 saturated carbocycles. The molecular formula is C23H22ClNO5S. The van der Waals surface area contributed by atoms with E-state index >= 15 is 0 Å². The van der Waals surface area contributed by atoms with Gasteiger partial charge >= 0.3 is 5.97 Å². The van der Waals surface area contributed by atoms with Crippen molar-refractivity contribution in [3.05, 3.63) is 64.5 Å². The number of methoxy groups -OCH3 is 1. The molecule has 1 atom stereocenters. The zero-order valence-corrected chi connectivity index (χ0v) is 18.9. The van der Waals surface area contributed by atoms with Crippen LogP contribution in [0.1, 0.15) is 24.2 Å². The SMILES string of the molecule is CCOC(=O)c1c(-c2ccc(Cl)cc2)csc1NC(=O)C(C)Oc1cccc(OC)c1. The Labute approximate surface area is 189 Å². The summed E-state index contributed by atoms with van der Waals surface area (Å²) < 4.78 is 16.1. The highest BCUT2D eigenvalue weighted by Gasteiger charge is 2.25. The highest BCUT2D eigenvalue weighted by atomic mass is 35.5. The summed E-state index contributed by atoms with van der Waals surface area (Å²) in [6, 6.07) is 14.1. The van der Waals surface area contributed by atoms with Crippen molar-refractivity contribution in [2.75, 3.05) is 19.0 Å². The van der Waals surface area contributed by atoms with Gasteiger partial charge in [0.2, 0.25) is 0 Å². The van der Waals surface area contributed by atoms with Gasteiger partial charge in [-0.3, -0.25) is 4.79 Å². The third kappa shape index (κ3) is 5.57. The van der Waals surface area contributed by atoms with Gasteiger partial charge in [0.25, 0.3) is 5.91 Å². The fourth-order valence-electron chi connectivity index (χ4n) is 2.84. The van der Waals surface area contributed by atoms with Crippen LogP contribution in [0.15, 0.2) is 53.9 Å². The largest absolute Gasteiger partial charge is 0.497 e. The van der Waals surface area contributed by atoms with Gasteiger partial charge in [-0.05, 0) is 43.7 Å². The molecule has 0 fully saturated rings. The second kappa shape index (κ2) is 10.3. The number of esters is 1. The van der Waals surface area contributed by atoms with Crippen molar-refractivity contribution in [2.24, 2.45) is 0 Å². The number of benzene rings is 2. The molecule has 0 spiro atoms. The van der Waals surface area contributed by atoms with Gasteiger partial charge in [0.05, 0.1) is 13.7 Å². The lowest BCUT2D eigenvalue weighted by atomic mass is 10.0. The predicted molar refractivity (Wildman–Crippen MR) is 122 cm³/mol. The molecule has 1 heterocycles. The summed E-state index contributed by atoms with van der Waals surface area (Å²) >= 11 is 7.22. The predicted octanol–water partition coefficient (Wildman–Crippen LogP) is 5.66. The van der Waals surface area contributed by atoms with Gasteiger partial charge < -0.3 is 19.5 Å². The Hall–Kier alpha value is -3.03. The third-order valence-electron chi connectivity index (χ3n) is 4.39. The fraction of sp³-hybridized carbons (Fsp3) is 0.217. The van der Waals surface area contributed by atoms with Gasteiger partial charge in [-0.1, -0.05) is 29.8 Å². The number of ether oxygens (including phenoxy) is 3. The van der Waals surface area contributed by atoms with E-state index in [9.17, 15) is 9.59 Å². The van der Waals surface area contributed by atoms with Crippen molar-refractivity contribution in [3.8, 4) is 22.6 Å². The van der Waals surface area contributed by atoms with Gasteiger partial charge in [0.1, 0.15) is 22.1 Å². The molecule has 3 rings (SSSR count). The summed E-state index contributed by atoms with van der Waals surface area (Å²) in [5.41, 5.74) is 1.76. The molecular weight excluding hydrogens is 438 g/mol. The molecule has 2 aromatic carbocycles. The van der Waals surface area contributed by atoms with Gasteiger partial charge in [0, 0.05) is 22.0 Å². The van der Waals surface area contributed by atoms with Crippen molar-refractivity contribution < 1.29 is 23.8 Å². The lowest BCUT2D eigenvalue weighted by molar-refractivity contribution is -0.122. The van der Waals surface area contributed by atoms with E-state index in [4.69, 9.17) is 25.8 Å². The topological polar surface area (TPSA) is 73.9 Å². The number of thiophene rings is 1. The maximum Gasteiger partial charge on any atom is 0.341 e. The van der Waals surface area contributed by atoms with Gasteiger partial charge in [0.15, 0.2) is 6.10 Å². The first-order chi connectivity index (χ1) is 14.9. The minimum absolute atomic E-state index is 0.220. The Morgan fingerprint density at radius 1 is 1.13 bits per heavy atom. The number of anilines is 1. The van der Waals surface area contributed by atoms with Gasteiger partial charge in [-0.15, -0.1) is 11.3 Å². The van der Waals surface area contributed by atoms with E-state index in [1.807, 2.05) is 12.1 Å². The molecule has 0 saturated heterocycles. The van der Waals surface area contributed by atoms with Crippen LogP contribution < -0.4 is 14.8 Å². The van der Waals surface area contributed by atoms with Crippen LogP contribution in [0.3, 0.4) is 0 Å². The van der Waals surface area contributed by atoms with Crippen LogP contribution in [-0.4, -0.2) is 31.7 Å². The molecule has 0 aliphatic rings. The summed E-state index contributed by atoms with van der Waals surface area (Å²) in [6.45, 7) is 3.58. The Kier molecular flexibility index (Phi) is 7.55. The number of amides is 1. The Morgan fingerprint density at radius 3 is 2.52 bits per heavy atom. The monoisotopic (exact) mass is 459 g/mol. The molecule has 162 valence electrons. The number of hydrogen-bond acceptors (Lipinski definition) is 6. The first-order valence-electron chi connectivity index (χ1n) is 9.59. The van der Waals surface area contributed by atoms with E-state index in [2.05, 4.69) is 5.32 Å². The summed E-state index contributed by atoms with van der Waals surface area (Å²) in [6.07, 6.45) is -0.803. The van der Waals surface area contributed by atoms with E-state index in [1.54, 1.807) is 62.7 Å². The normalized spacial score (nSPS) is 11.5. The molecule has 3 aromatic rings. The van der Waals surface area contributed by atoms with E-state index in [1.165, 1.54) is 11.3 Å². The number of nitrogens with one attached hydrogen (secondary N) is 1. The molecule has 1 aromatic heterocycles. The summed E-state index contributed by atoms with van der Waals surface area (Å²) in [7, 11) is 1.56. The van der Waals surface area contributed by atoms with Crippen LogP contribution >= 0.6 is 22.9 Å². The van der Waals surface area contributed by atoms with E-state index in [0.29, 0.717) is 32.6 Å². The molecule has 0 aliphatic heterocycles. The zero-order valence-electron chi connectivity index (χ0n) is 17.3. The molecule has 6 nitrogen and oxygen atoms in total. The minimum atomic E-state index is -0.803. The molecule has 0 bridgehead atoms. The summed E-state index contributed by atoms with van der Waals surface area (Å²) in [5.74, 6) is 0.226. The number of halogens is 1. The van der Waals surface area contributed by atoms with Crippen LogP contribution in [0.4, 0.5) is 5.00 Å². The van der Waals surface area contributed by atoms with Crippen LogP contribution in [0.2, 0.25) is 5.02 Å². The second-order valence-corrected chi connectivity index (χ2v) is 7.83. The van der Waals surface area contributed by atoms with Crippen molar-refractivity contribution in [3.63, 3.8) is 0 Å². The highest BCUT2D eigenvalue weighted by Crippen LogP contribution is 2.37. The number of rotatable bonds is 8. The Bertz CT molecular complexity index is 1060. The first-order valence-corrected chi connectivity index (χ1v) is 10.8. The van der Waals surface area contributed by atoms with Gasteiger partial charge in [-0.2, -0.15) is 0 Å². The molecule has 1 amide bonds. The average molecular weight is 460 g/mol. The summed E-state index contributed by atoms with van der Waals surface area (Å²) in [4.78, 5) is 25.4. The van der Waals surface area contributed by atoms with Crippen molar-refractivity contribution in [1.82, 2.24) is 0 Å². The molecule has 31 heavy (non-hydrogen) atoms. The van der Waals surface area contributed by atoms with E-state index in [-0.39, 0.29) is 6.61 Å². The molecule has 0 radical (unpaired) electrons. The fourth-order valence-corrected chi connectivity index (χ4v) is 3.93. The molecule has 1 N–H and O–H groups in total. The quantitative estimate of drug-likeness (QED) is 0.440. The standard InChI is InChI=1S/C23H22ClNO5S/c1-4-29-23(27)20-19(15-8-10-16(24)11-9-15)13-31-22(20)25-21(26)14(2)30-18-7-5-6-17(12-18)28-3/h5-14H,4H2,1-3H3,(H,25,26). The van der Waals surface area contributed by atoms with E-state index < -0.39 is 18.0 Å². The lowest BCUT2D eigenvalue weighted by Gasteiger charge is -2.15. The van der Waals surface area contributed by atoms with Gasteiger partial charge in [-0.25, -0.2) is 4.79 Å². The maximum atomic E-state index is 12.8.